The number of anilines is 5. The number of carbonyl (C=O) groups is 1. The molecule has 0 aliphatic rings. The van der Waals surface area contributed by atoms with Crippen LogP contribution < -0.4 is 20.7 Å². The van der Waals surface area contributed by atoms with Crippen LogP contribution in [0.25, 0.3) is 0 Å². The monoisotopic (exact) mass is 470 g/mol. The topological polar surface area (TPSA) is 91.4 Å². The Bertz CT molecular complexity index is 1160. The molecule has 3 rings (SSSR count). The highest BCUT2D eigenvalue weighted by Crippen LogP contribution is 2.31. The summed E-state index contributed by atoms with van der Waals surface area (Å²) < 4.78 is 18.8. The first-order chi connectivity index (χ1) is 15.8. The number of halogens is 2. The molecule has 0 fully saturated rings. The van der Waals surface area contributed by atoms with Gasteiger partial charge in [0.1, 0.15) is 29.5 Å². The van der Waals surface area contributed by atoms with E-state index >= 15 is 0 Å². The number of ether oxygens (including phenoxy) is 1. The van der Waals surface area contributed by atoms with Gasteiger partial charge in [-0.3, -0.25) is 4.79 Å². The van der Waals surface area contributed by atoms with Gasteiger partial charge in [-0.2, -0.15) is 0 Å². The van der Waals surface area contributed by atoms with Gasteiger partial charge in [-0.25, -0.2) is 14.4 Å². The predicted octanol–water partition coefficient (Wildman–Crippen LogP) is 4.82. The zero-order chi connectivity index (χ0) is 23.8. The number of nitrogens with zero attached hydrogens (tertiary/aromatic N) is 3. The lowest BCUT2D eigenvalue weighted by Crippen LogP contribution is -2.13. The predicted molar refractivity (Wildman–Crippen MR) is 129 cm³/mol. The summed E-state index contributed by atoms with van der Waals surface area (Å²) >= 11 is 5.83. The zero-order valence-electron chi connectivity index (χ0n) is 18.4. The summed E-state index contributed by atoms with van der Waals surface area (Å²) in [6.07, 6.45) is 4.65. The molecule has 0 bridgehead atoms. The second-order valence-electron chi connectivity index (χ2n) is 7.24. The summed E-state index contributed by atoms with van der Waals surface area (Å²) in [6.45, 7) is 0.664. The van der Waals surface area contributed by atoms with E-state index < -0.39 is 5.82 Å². The largest absolute Gasteiger partial charge is 0.495 e. The maximum absolute atomic E-state index is 13.4. The van der Waals surface area contributed by atoms with Crippen molar-refractivity contribution in [2.75, 3.05) is 43.7 Å². The summed E-state index contributed by atoms with van der Waals surface area (Å²) in [4.78, 5) is 22.5. The van der Waals surface area contributed by atoms with Gasteiger partial charge in [0.05, 0.1) is 17.8 Å². The van der Waals surface area contributed by atoms with Crippen LogP contribution in [0.5, 0.6) is 5.75 Å². The van der Waals surface area contributed by atoms with Crippen LogP contribution >= 0.6 is 11.6 Å². The molecule has 1 amide bonds. The van der Waals surface area contributed by atoms with E-state index in [4.69, 9.17) is 16.3 Å². The van der Waals surface area contributed by atoms with Crippen molar-refractivity contribution in [3.63, 3.8) is 0 Å². The molecule has 1 heterocycles. The minimum atomic E-state index is -0.500. The number of carbonyl (C=O) groups excluding carboxylic acids is 1. The molecule has 1 aromatic heterocycles. The Morgan fingerprint density at radius 2 is 1.82 bits per heavy atom. The Labute approximate surface area is 196 Å². The van der Waals surface area contributed by atoms with Crippen LogP contribution in [-0.2, 0) is 4.79 Å². The Morgan fingerprint density at radius 1 is 1.09 bits per heavy atom. The molecule has 0 spiro atoms. The molecular weight excluding hydrogens is 447 g/mol. The van der Waals surface area contributed by atoms with Crippen molar-refractivity contribution in [1.82, 2.24) is 14.9 Å². The second-order valence-corrected chi connectivity index (χ2v) is 7.64. The molecule has 3 N–H and O–H groups in total. The highest BCUT2D eigenvalue weighted by Gasteiger charge is 2.09. The third-order valence-corrected chi connectivity index (χ3v) is 4.62. The standard InChI is InChI=1S/C23H24ClFN6O2/c1-31(2)10-4-5-23(32)29-16-7-9-20(33-3)19(12-16)30-22-13-21(26-14-27-22)28-15-6-8-18(25)17(24)11-15/h4-9,11-14H,10H2,1-3H3,(H,29,32)(H2,26,27,28,30). The molecule has 3 aromatic rings. The minimum Gasteiger partial charge on any atom is -0.495 e. The molecular formula is C23H24ClFN6O2. The smallest absolute Gasteiger partial charge is 0.248 e. The van der Waals surface area contributed by atoms with E-state index in [0.717, 1.165) is 0 Å². The number of aromatic nitrogens is 2. The Balaban J connectivity index is 1.74. The Hall–Kier alpha value is -3.69. The molecule has 0 aliphatic heterocycles. The van der Waals surface area contributed by atoms with Gasteiger partial charge in [0, 0.05) is 30.1 Å². The molecule has 0 saturated heterocycles. The van der Waals surface area contributed by atoms with Gasteiger partial charge in [0.2, 0.25) is 5.91 Å². The average molecular weight is 471 g/mol. The fourth-order valence-electron chi connectivity index (χ4n) is 2.79. The Morgan fingerprint density at radius 3 is 2.52 bits per heavy atom. The molecule has 0 radical (unpaired) electrons. The average Bonchev–Trinajstić information content (AvgIpc) is 2.76. The van der Waals surface area contributed by atoms with Crippen molar-refractivity contribution in [3.05, 3.63) is 71.8 Å². The molecule has 0 saturated carbocycles. The summed E-state index contributed by atoms with van der Waals surface area (Å²) in [5.41, 5.74) is 1.77. The molecule has 0 unspecified atom stereocenters. The molecule has 10 heteroatoms. The Kier molecular flexibility index (Phi) is 8.17. The summed E-state index contributed by atoms with van der Waals surface area (Å²) in [5, 5.41) is 9.04. The van der Waals surface area contributed by atoms with Crippen LogP contribution in [0.2, 0.25) is 5.02 Å². The van der Waals surface area contributed by atoms with Crippen molar-refractivity contribution in [1.29, 1.82) is 0 Å². The molecule has 8 nitrogen and oxygen atoms in total. The number of likely N-dealkylation sites (N-methyl/N-ethyl adjacent to an activating group) is 1. The normalized spacial score (nSPS) is 11.0. The highest BCUT2D eigenvalue weighted by atomic mass is 35.5. The van der Waals surface area contributed by atoms with Gasteiger partial charge in [-0.15, -0.1) is 0 Å². The first-order valence-electron chi connectivity index (χ1n) is 9.95. The summed E-state index contributed by atoms with van der Waals surface area (Å²) in [7, 11) is 5.40. The SMILES string of the molecule is COc1ccc(NC(=O)C=CCN(C)C)cc1Nc1cc(Nc2ccc(F)c(Cl)c2)ncn1. The number of hydrogen-bond donors (Lipinski definition) is 3. The minimum absolute atomic E-state index is 0.00700. The molecule has 33 heavy (non-hydrogen) atoms. The van der Waals surface area contributed by atoms with Gasteiger partial charge in [0.15, 0.2) is 0 Å². The highest BCUT2D eigenvalue weighted by molar-refractivity contribution is 6.31. The lowest BCUT2D eigenvalue weighted by molar-refractivity contribution is -0.111. The van der Waals surface area contributed by atoms with Crippen LogP contribution in [-0.4, -0.2) is 48.5 Å². The third-order valence-electron chi connectivity index (χ3n) is 4.33. The maximum atomic E-state index is 13.4. The van der Waals surface area contributed by atoms with E-state index in [0.29, 0.717) is 41.0 Å². The van der Waals surface area contributed by atoms with Crippen LogP contribution in [0.4, 0.5) is 33.1 Å². The van der Waals surface area contributed by atoms with Gasteiger partial charge >= 0.3 is 0 Å². The van der Waals surface area contributed by atoms with E-state index in [2.05, 4.69) is 25.9 Å². The van der Waals surface area contributed by atoms with E-state index in [-0.39, 0.29) is 10.9 Å². The van der Waals surface area contributed by atoms with E-state index in [9.17, 15) is 9.18 Å². The quantitative estimate of drug-likeness (QED) is 0.386. The molecule has 172 valence electrons. The van der Waals surface area contributed by atoms with Crippen molar-refractivity contribution >= 4 is 46.2 Å². The molecule has 0 aliphatic carbocycles. The first-order valence-corrected chi connectivity index (χ1v) is 10.3. The van der Waals surface area contributed by atoms with Crippen LogP contribution in [0.15, 0.2) is 60.9 Å². The van der Waals surface area contributed by atoms with Gasteiger partial charge < -0.3 is 25.6 Å². The van der Waals surface area contributed by atoms with E-state index in [1.165, 1.54) is 24.5 Å². The van der Waals surface area contributed by atoms with Gasteiger partial charge in [-0.05, 0) is 50.5 Å². The van der Waals surface area contributed by atoms with Crippen LogP contribution in [0.1, 0.15) is 0 Å². The van der Waals surface area contributed by atoms with E-state index in [1.807, 2.05) is 19.0 Å². The second kappa shape index (κ2) is 11.3. The summed E-state index contributed by atoms with van der Waals surface area (Å²) in [6, 6.07) is 11.2. The molecule has 2 aromatic carbocycles. The van der Waals surface area contributed by atoms with Gasteiger partial charge in [-0.1, -0.05) is 17.7 Å². The fraction of sp³-hybridized carbons (Fsp3) is 0.174. The number of methoxy groups -OCH3 is 1. The number of benzene rings is 2. The molecule has 0 atom stereocenters. The van der Waals surface area contributed by atoms with Crippen molar-refractivity contribution in [2.24, 2.45) is 0 Å². The number of nitrogens with one attached hydrogen (secondary N) is 3. The van der Waals surface area contributed by atoms with Crippen molar-refractivity contribution in [3.8, 4) is 5.75 Å². The lowest BCUT2D eigenvalue weighted by Gasteiger charge is -2.13. The van der Waals surface area contributed by atoms with Crippen molar-refractivity contribution in [2.45, 2.75) is 0 Å². The zero-order valence-corrected chi connectivity index (χ0v) is 19.2. The maximum Gasteiger partial charge on any atom is 0.248 e. The van der Waals surface area contributed by atoms with Crippen LogP contribution in [0.3, 0.4) is 0 Å². The number of rotatable bonds is 9. The van der Waals surface area contributed by atoms with E-state index in [1.54, 1.807) is 43.5 Å². The third kappa shape index (κ3) is 7.16. The number of amides is 1. The lowest BCUT2D eigenvalue weighted by atomic mass is 10.2. The van der Waals surface area contributed by atoms with Gasteiger partial charge in [0.25, 0.3) is 0 Å². The fourth-order valence-corrected chi connectivity index (χ4v) is 2.97. The van der Waals surface area contributed by atoms with Crippen LogP contribution in [0, 0.1) is 5.82 Å². The summed E-state index contributed by atoms with van der Waals surface area (Å²) in [5.74, 6) is 0.784. The first kappa shape index (κ1) is 24.0. The number of hydrogen-bond acceptors (Lipinski definition) is 7. The van der Waals surface area contributed by atoms with Crippen molar-refractivity contribution < 1.29 is 13.9 Å².